The summed E-state index contributed by atoms with van der Waals surface area (Å²) in [6.45, 7) is 1.44. The van der Waals surface area contributed by atoms with Gasteiger partial charge < -0.3 is 15.4 Å². The first-order valence-electron chi connectivity index (χ1n) is 11.6. The Labute approximate surface area is 205 Å². The molecule has 176 valence electrons. The summed E-state index contributed by atoms with van der Waals surface area (Å²) >= 11 is 0. The standard InChI is InChI=1S/C30H28N2O3/c33-29(27-14-8-3-9-15-27)32-28(26-12-6-2-7-13-26)30(34)31-20-23-16-18-25(19-17-23)22-35-21-24-10-4-1-5-11-24/h1-19,28H,20-22H2,(H,31,34)(H,32,33). The van der Waals surface area contributed by atoms with Gasteiger partial charge >= 0.3 is 0 Å². The van der Waals surface area contributed by atoms with E-state index in [9.17, 15) is 9.59 Å². The molecule has 0 saturated carbocycles. The third-order valence-electron chi connectivity index (χ3n) is 5.58. The molecule has 1 atom stereocenters. The zero-order valence-corrected chi connectivity index (χ0v) is 19.4. The topological polar surface area (TPSA) is 67.4 Å². The van der Waals surface area contributed by atoms with E-state index in [1.165, 1.54) is 0 Å². The number of amides is 2. The summed E-state index contributed by atoms with van der Waals surface area (Å²) in [6, 6.07) is 35.3. The monoisotopic (exact) mass is 464 g/mol. The van der Waals surface area contributed by atoms with Crippen LogP contribution in [0.15, 0.2) is 115 Å². The second-order valence-corrected chi connectivity index (χ2v) is 8.20. The average Bonchev–Trinajstić information content (AvgIpc) is 2.92. The van der Waals surface area contributed by atoms with Crippen molar-refractivity contribution in [2.75, 3.05) is 0 Å². The van der Waals surface area contributed by atoms with Crippen molar-refractivity contribution in [2.24, 2.45) is 0 Å². The highest BCUT2D eigenvalue weighted by molar-refractivity contribution is 5.97. The number of benzene rings is 4. The van der Waals surface area contributed by atoms with Crippen LogP contribution in [0.1, 0.15) is 38.7 Å². The number of carbonyl (C=O) groups is 2. The third kappa shape index (κ3) is 7.13. The average molecular weight is 465 g/mol. The lowest BCUT2D eigenvalue weighted by Gasteiger charge is -2.19. The highest BCUT2D eigenvalue weighted by atomic mass is 16.5. The summed E-state index contributed by atoms with van der Waals surface area (Å²) in [6.07, 6.45) is 0. The van der Waals surface area contributed by atoms with Gasteiger partial charge in [0.1, 0.15) is 6.04 Å². The highest BCUT2D eigenvalue weighted by Gasteiger charge is 2.23. The summed E-state index contributed by atoms with van der Waals surface area (Å²) in [5.74, 6) is -0.565. The largest absolute Gasteiger partial charge is 0.372 e. The lowest BCUT2D eigenvalue weighted by atomic mass is 10.0. The van der Waals surface area contributed by atoms with Crippen molar-refractivity contribution in [3.05, 3.63) is 143 Å². The molecule has 4 rings (SSSR count). The van der Waals surface area contributed by atoms with Gasteiger partial charge in [-0.05, 0) is 34.4 Å². The van der Waals surface area contributed by atoms with E-state index >= 15 is 0 Å². The minimum absolute atomic E-state index is 0.268. The maximum Gasteiger partial charge on any atom is 0.252 e. The molecule has 35 heavy (non-hydrogen) atoms. The van der Waals surface area contributed by atoms with Crippen LogP contribution in [0, 0.1) is 0 Å². The Kier molecular flexibility index (Phi) is 8.41. The molecule has 5 heteroatoms. The SMILES string of the molecule is O=C(NC(C(=O)NCc1ccc(COCc2ccccc2)cc1)c1ccccc1)c1ccccc1. The first-order chi connectivity index (χ1) is 17.2. The Balaban J connectivity index is 1.33. The predicted molar refractivity (Wildman–Crippen MR) is 136 cm³/mol. The first kappa shape index (κ1) is 23.9. The summed E-state index contributed by atoms with van der Waals surface area (Å²) in [5.41, 5.74) is 4.39. The number of rotatable bonds is 10. The maximum atomic E-state index is 13.1. The van der Waals surface area contributed by atoms with E-state index in [1.807, 2.05) is 91.0 Å². The fraction of sp³-hybridized carbons (Fsp3) is 0.133. The van der Waals surface area contributed by atoms with Crippen LogP contribution in [0.4, 0.5) is 0 Å². The molecule has 5 nitrogen and oxygen atoms in total. The Bertz CT molecular complexity index is 1210. The second-order valence-electron chi connectivity index (χ2n) is 8.20. The van der Waals surface area contributed by atoms with Gasteiger partial charge in [0.25, 0.3) is 5.91 Å². The molecule has 4 aromatic rings. The fourth-order valence-electron chi connectivity index (χ4n) is 3.66. The Morgan fingerprint density at radius 1 is 0.629 bits per heavy atom. The van der Waals surface area contributed by atoms with Crippen molar-refractivity contribution in [1.29, 1.82) is 0 Å². The summed E-state index contributed by atoms with van der Waals surface area (Å²) in [5, 5.41) is 5.82. The molecular weight excluding hydrogens is 436 g/mol. The van der Waals surface area contributed by atoms with E-state index in [-0.39, 0.29) is 11.8 Å². The molecule has 0 aliphatic rings. The van der Waals surface area contributed by atoms with Crippen LogP contribution in [0.2, 0.25) is 0 Å². The normalized spacial score (nSPS) is 11.4. The van der Waals surface area contributed by atoms with Crippen molar-refractivity contribution < 1.29 is 14.3 Å². The van der Waals surface area contributed by atoms with Crippen molar-refractivity contribution in [3.63, 3.8) is 0 Å². The van der Waals surface area contributed by atoms with Gasteiger partial charge in [0.15, 0.2) is 0 Å². The zero-order valence-electron chi connectivity index (χ0n) is 19.4. The highest BCUT2D eigenvalue weighted by Crippen LogP contribution is 2.15. The lowest BCUT2D eigenvalue weighted by Crippen LogP contribution is -2.40. The predicted octanol–water partition coefficient (Wildman–Crippen LogP) is 5.19. The first-order valence-corrected chi connectivity index (χ1v) is 11.6. The molecule has 2 amide bonds. The molecule has 0 heterocycles. The molecule has 0 saturated heterocycles. The summed E-state index contributed by atoms with van der Waals surface area (Å²) in [7, 11) is 0. The maximum absolute atomic E-state index is 13.1. The van der Waals surface area contributed by atoms with Gasteiger partial charge in [-0.15, -0.1) is 0 Å². The van der Waals surface area contributed by atoms with Crippen LogP contribution in [-0.4, -0.2) is 11.8 Å². The van der Waals surface area contributed by atoms with Crippen LogP contribution in [0.3, 0.4) is 0 Å². The number of ether oxygens (including phenoxy) is 1. The molecular formula is C30H28N2O3. The van der Waals surface area contributed by atoms with E-state index in [0.717, 1.165) is 22.3 Å². The second kappa shape index (κ2) is 12.3. The van der Waals surface area contributed by atoms with Crippen LogP contribution < -0.4 is 10.6 Å². The van der Waals surface area contributed by atoms with Gasteiger partial charge in [-0.25, -0.2) is 0 Å². The molecule has 2 N–H and O–H groups in total. The zero-order chi connectivity index (χ0) is 24.3. The van der Waals surface area contributed by atoms with Crippen LogP contribution >= 0.6 is 0 Å². The number of hydrogen-bond acceptors (Lipinski definition) is 3. The van der Waals surface area contributed by atoms with Gasteiger partial charge in [-0.3, -0.25) is 9.59 Å². The molecule has 0 spiro atoms. The van der Waals surface area contributed by atoms with Crippen LogP contribution in [0.25, 0.3) is 0 Å². The number of hydrogen-bond donors (Lipinski definition) is 2. The number of carbonyl (C=O) groups excluding carboxylic acids is 2. The van der Waals surface area contributed by atoms with Gasteiger partial charge in [0.2, 0.25) is 5.91 Å². The molecule has 0 aliphatic heterocycles. The molecule has 0 aromatic heterocycles. The molecule has 0 fully saturated rings. The Morgan fingerprint density at radius 2 is 1.14 bits per heavy atom. The van der Waals surface area contributed by atoms with Crippen LogP contribution in [0.5, 0.6) is 0 Å². The smallest absolute Gasteiger partial charge is 0.252 e. The molecule has 1 unspecified atom stereocenters. The van der Waals surface area contributed by atoms with Crippen molar-refractivity contribution >= 4 is 11.8 Å². The minimum Gasteiger partial charge on any atom is -0.372 e. The van der Waals surface area contributed by atoms with Gasteiger partial charge in [-0.1, -0.05) is 103 Å². The Morgan fingerprint density at radius 3 is 1.77 bits per heavy atom. The molecule has 0 bridgehead atoms. The molecule has 4 aromatic carbocycles. The fourth-order valence-corrected chi connectivity index (χ4v) is 3.66. The minimum atomic E-state index is -0.797. The van der Waals surface area contributed by atoms with Crippen molar-refractivity contribution in [3.8, 4) is 0 Å². The van der Waals surface area contributed by atoms with Crippen molar-refractivity contribution in [2.45, 2.75) is 25.8 Å². The van der Waals surface area contributed by atoms with E-state index in [0.29, 0.717) is 25.3 Å². The van der Waals surface area contributed by atoms with Crippen molar-refractivity contribution in [1.82, 2.24) is 10.6 Å². The summed E-state index contributed by atoms with van der Waals surface area (Å²) in [4.78, 5) is 25.8. The molecule has 0 aliphatic carbocycles. The number of nitrogens with one attached hydrogen (secondary N) is 2. The van der Waals surface area contributed by atoms with E-state index < -0.39 is 6.04 Å². The quantitative estimate of drug-likeness (QED) is 0.339. The summed E-state index contributed by atoms with van der Waals surface area (Å²) < 4.78 is 5.79. The van der Waals surface area contributed by atoms with Gasteiger partial charge in [0, 0.05) is 12.1 Å². The molecule has 0 radical (unpaired) electrons. The Hall–Kier alpha value is -4.22. The van der Waals surface area contributed by atoms with E-state index in [4.69, 9.17) is 4.74 Å². The van der Waals surface area contributed by atoms with E-state index in [2.05, 4.69) is 10.6 Å². The van der Waals surface area contributed by atoms with Crippen LogP contribution in [-0.2, 0) is 29.3 Å². The van der Waals surface area contributed by atoms with Gasteiger partial charge in [0.05, 0.1) is 13.2 Å². The lowest BCUT2D eigenvalue weighted by molar-refractivity contribution is -0.123. The van der Waals surface area contributed by atoms with E-state index in [1.54, 1.807) is 24.3 Å². The third-order valence-corrected chi connectivity index (χ3v) is 5.58. The van der Waals surface area contributed by atoms with Gasteiger partial charge in [-0.2, -0.15) is 0 Å².